The molecule has 0 aliphatic rings. The first-order valence-corrected chi connectivity index (χ1v) is 11.4. The molecule has 0 aliphatic heterocycles. The van der Waals surface area contributed by atoms with E-state index in [-0.39, 0.29) is 16.6 Å². The van der Waals surface area contributed by atoms with E-state index in [1.807, 2.05) is 0 Å². The zero-order valence-electron chi connectivity index (χ0n) is 18.6. The van der Waals surface area contributed by atoms with Crippen molar-refractivity contribution < 1.29 is 4.79 Å². The van der Waals surface area contributed by atoms with Crippen LogP contribution in [0.2, 0.25) is 5.02 Å². The Hall–Kier alpha value is -4.02. The van der Waals surface area contributed by atoms with Gasteiger partial charge in [0.05, 0.1) is 10.9 Å². The molecule has 0 saturated carbocycles. The highest BCUT2D eigenvalue weighted by Gasteiger charge is 2.14. The largest absolute Gasteiger partial charge is 0.309 e. The van der Waals surface area contributed by atoms with Gasteiger partial charge in [0.25, 0.3) is 11.5 Å². The van der Waals surface area contributed by atoms with Crippen LogP contribution in [0.15, 0.2) is 70.6 Å². The van der Waals surface area contributed by atoms with Crippen molar-refractivity contribution in [3.05, 3.63) is 92.8 Å². The topological polar surface area (TPSA) is 92.5 Å². The first-order valence-electron chi connectivity index (χ1n) is 11.0. The lowest BCUT2D eigenvalue weighted by Gasteiger charge is -2.13. The molecule has 0 fully saturated rings. The lowest BCUT2D eigenvalue weighted by molar-refractivity contribution is -0.113. The summed E-state index contributed by atoms with van der Waals surface area (Å²) in [5, 5.41) is 10.7. The molecule has 4 rings (SSSR count). The number of rotatable bonds is 6. The molecular weight excluding hydrogens is 450 g/mol. The highest BCUT2D eigenvalue weighted by atomic mass is 35.5. The van der Waals surface area contributed by atoms with Crippen molar-refractivity contribution in [2.45, 2.75) is 32.7 Å². The number of amides is 1. The molecule has 0 bridgehead atoms. The van der Waals surface area contributed by atoms with E-state index >= 15 is 0 Å². The molecule has 0 atom stereocenters. The molecule has 8 heteroatoms. The molecule has 34 heavy (non-hydrogen) atoms. The normalized spacial score (nSPS) is 12.0. The van der Waals surface area contributed by atoms with Crippen LogP contribution in [0.4, 0.5) is 0 Å². The van der Waals surface area contributed by atoms with Crippen molar-refractivity contribution in [3.63, 3.8) is 0 Å². The molecule has 1 amide bonds. The Labute approximate surface area is 200 Å². The van der Waals surface area contributed by atoms with Crippen LogP contribution in [-0.4, -0.2) is 19.9 Å². The van der Waals surface area contributed by atoms with Gasteiger partial charge in [0, 0.05) is 23.8 Å². The molecule has 7 nitrogen and oxygen atoms in total. The number of pyridine rings is 2. The second kappa shape index (κ2) is 10.3. The van der Waals surface area contributed by atoms with Gasteiger partial charge in [-0.1, -0.05) is 49.6 Å². The Morgan fingerprint density at radius 3 is 2.74 bits per heavy atom. The first-order chi connectivity index (χ1) is 16.5. The minimum absolute atomic E-state index is 0.145. The molecule has 3 heterocycles. The summed E-state index contributed by atoms with van der Waals surface area (Å²) in [7, 11) is 0. The Bertz CT molecular complexity index is 1570. The van der Waals surface area contributed by atoms with Crippen LogP contribution in [0.25, 0.3) is 22.8 Å². The fraction of sp³-hybridized carbons (Fsp3) is 0.192. The third-order valence-corrected chi connectivity index (χ3v) is 5.65. The van der Waals surface area contributed by atoms with E-state index in [2.05, 4.69) is 23.0 Å². The van der Waals surface area contributed by atoms with Gasteiger partial charge in [0.1, 0.15) is 17.4 Å². The molecule has 0 aliphatic carbocycles. The van der Waals surface area contributed by atoms with Crippen molar-refractivity contribution in [1.82, 2.24) is 14.0 Å². The van der Waals surface area contributed by atoms with E-state index in [0.717, 1.165) is 24.8 Å². The summed E-state index contributed by atoms with van der Waals surface area (Å²) < 4.78 is 3.16. The maximum Gasteiger partial charge on any atom is 0.271 e. The van der Waals surface area contributed by atoms with Gasteiger partial charge in [-0.25, -0.2) is 4.98 Å². The smallest absolute Gasteiger partial charge is 0.271 e. The second-order valence-electron chi connectivity index (χ2n) is 7.77. The quantitative estimate of drug-likeness (QED) is 0.235. The standard InChI is InChI=1S/C26H22ClN5O2/c1-2-3-5-15-32-24(30-23(33)13-10-18-8-11-20(27)12-9-18)19(17-28)16-21-25(32)29-22-7-4-6-14-31(22)26(21)34/h4,6-14,16H,2-3,5,15H2,1H3/b13-10+,30-24?. The number of fused-ring (bicyclic) bond motifs is 2. The monoisotopic (exact) mass is 471 g/mol. The maximum absolute atomic E-state index is 13.1. The third-order valence-electron chi connectivity index (χ3n) is 5.40. The van der Waals surface area contributed by atoms with E-state index < -0.39 is 5.91 Å². The third kappa shape index (κ3) is 4.82. The maximum atomic E-state index is 13.1. The Balaban J connectivity index is 1.91. The van der Waals surface area contributed by atoms with E-state index in [9.17, 15) is 14.9 Å². The number of aromatic nitrogens is 3. The van der Waals surface area contributed by atoms with Crippen LogP contribution >= 0.6 is 11.6 Å². The second-order valence-corrected chi connectivity index (χ2v) is 8.21. The van der Waals surface area contributed by atoms with Crippen LogP contribution in [0.1, 0.15) is 37.3 Å². The lowest BCUT2D eigenvalue weighted by atomic mass is 10.2. The zero-order chi connectivity index (χ0) is 24.1. The van der Waals surface area contributed by atoms with Gasteiger partial charge in [0.15, 0.2) is 5.49 Å². The van der Waals surface area contributed by atoms with Crippen LogP contribution < -0.4 is 11.0 Å². The molecule has 0 unspecified atom stereocenters. The number of hydrogen-bond acceptors (Lipinski definition) is 4. The van der Waals surface area contributed by atoms with Gasteiger partial charge in [0.2, 0.25) is 0 Å². The van der Waals surface area contributed by atoms with E-state index in [0.29, 0.717) is 28.2 Å². The van der Waals surface area contributed by atoms with Gasteiger partial charge in [-0.3, -0.25) is 14.0 Å². The lowest BCUT2D eigenvalue weighted by Crippen LogP contribution is -2.29. The SMILES string of the molecule is CCCCCn1c(=NC(=O)/C=C/c2ccc(Cl)cc2)c(C#N)cc2c(=O)n3ccccc3nc21. The van der Waals surface area contributed by atoms with Crippen molar-refractivity contribution in [3.8, 4) is 6.07 Å². The summed E-state index contributed by atoms with van der Waals surface area (Å²) in [6.45, 7) is 2.56. The highest BCUT2D eigenvalue weighted by Crippen LogP contribution is 2.12. The van der Waals surface area contributed by atoms with Crippen molar-refractivity contribution >= 4 is 40.3 Å². The number of hydrogen-bond donors (Lipinski definition) is 0. The summed E-state index contributed by atoms with van der Waals surface area (Å²) in [6, 6.07) is 15.9. The van der Waals surface area contributed by atoms with Crippen LogP contribution in [0.3, 0.4) is 0 Å². The highest BCUT2D eigenvalue weighted by molar-refractivity contribution is 6.30. The minimum Gasteiger partial charge on any atom is -0.309 e. The number of aryl methyl sites for hydroxylation is 1. The summed E-state index contributed by atoms with van der Waals surface area (Å²) in [5.41, 5.74) is 1.75. The fourth-order valence-corrected chi connectivity index (χ4v) is 3.82. The molecule has 4 aromatic rings. The first kappa shape index (κ1) is 23.1. The average Bonchev–Trinajstić information content (AvgIpc) is 2.85. The van der Waals surface area contributed by atoms with Crippen LogP contribution in [-0.2, 0) is 11.3 Å². The summed E-state index contributed by atoms with van der Waals surface area (Å²) in [5.74, 6) is -0.521. The van der Waals surface area contributed by atoms with Gasteiger partial charge in [-0.15, -0.1) is 0 Å². The molecule has 0 saturated heterocycles. The number of nitriles is 1. The summed E-state index contributed by atoms with van der Waals surface area (Å²) in [6.07, 6.45) is 7.34. The summed E-state index contributed by atoms with van der Waals surface area (Å²) in [4.78, 5) is 34.8. The molecule has 0 spiro atoms. The number of unbranched alkanes of at least 4 members (excludes halogenated alkanes) is 2. The van der Waals surface area contributed by atoms with E-state index in [4.69, 9.17) is 11.6 Å². The average molecular weight is 472 g/mol. The Morgan fingerprint density at radius 2 is 2.00 bits per heavy atom. The molecular formula is C26H22ClN5O2. The molecule has 170 valence electrons. The fourth-order valence-electron chi connectivity index (χ4n) is 3.70. The van der Waals surface area contributed by atoms with Gasteiger partial charge in [-0.2, -0.15) is 10.3 Å². The van der Waals surface area contributed by atoms with Crippen molar-refractivity contribution in [2.24, 2.45) is 4.99 Å². The van der Waals surface area contributed by atoms with Gasteiger partial charge < -0.3 is 4.57 Å². The Morgan fingerprint density at radius 1 is 1.21 bits per heavy atom. The number of carbonyl (C=O) groups is 1. The van der Waals surface area contributed by atoms with Gasteiger partial charge >= 0.3 is 0 Å². The van der Waals surface area contributed by atoms with E-state index in [1.165, 1.54) is 16.5 Å². The Kier molecular flexibility index (Phi) is 7.00. The number of nitrogens with zero attached hydrogens (tertiary/aromatic N) is 5. The molecule has 0 radical (unpaired) electrons. The molecule has 3 aromatic heterocycles. The zero-order valence-corrected chi connectivity index (χ0v) is 19.4. The molecule has 1 aromatic carbocycles. The number of halogens is 1. The van der Waals surface area contributed by atoms with Gasteiger partial charge in [-0.05, 0) is 48.4 Å². The van der Waals surface area contributed by atoms with Crippen molar-refractivity contribution in [2.75, 3.05) is 0 Å². The predicted molar refractivity (Wildman–Crippen MR) is 132 cm³/mol. The van der Waals surface area contributed by atoms with Crippen molar-refractivity contribution in [1.29, 1.82) is 5.26 Å². The number of carbonyl (C=O) groups excluding carboxylic acids is 1. The summed E-state index contributed by atoms with van der Waals surface area (Å²) >= 11 is 5.91. The predicted octanol–water partition coefficient (Wildman–Crippen LogP) is 4.51. The van der Waals surface area contributed by atoms with Crippen LogP contribution in [0.5, 0.6) is 0 Å². The molecule has 0 N–H and O–H groups in total. The minimum atomic E-state index is -0.521. The van der Waals surface area contributed by atoms with E-state index in [1.54, 1.807) is 59.3 Å². The van der Waals surface area contributed by atoms with Crippen LogP contribution in [0, 0.1) is 11.3 Å². The number of benzene rings is 1.